The van der Waals surface area contributed by atoms with Gasteiger partial charge >= 0.3 is 11.6 Å². The molecule has 1 saturated carbocycles. The second-order valence-corrected chi connectivity index (χ2v) is 6.22. The predicted octanol–water partition coefficient (Wildman–Crippen LogP) is 2.71. The summed E-state index contributed by atoms with van der Waals surface area (Å²) in [6.45, 7) is 1.77. The fourth-order valence-electron chi connectivity index (χ4n) is 3.11. The molecule has 1 aliphatic rings. The lowest BCUT2D eigenvalue weighted by atomic mass is 9.96. The van der Waals surface area contributed by atoms with Crippen LogP contribution in [0.5, 0.6) is 5.75 Å². The molecule has 1 aromatic heterocycles. The Hall–Kier alpha value is -2.63. The van der Waals surface area contributed by atoms with Gasteiger partial charge in [0.25, 0.3) is 0 Å². The van der Waals surface area contributed by atoms with E-state index in [0.717, 1.165) is 18.2 Å². The van der Waals surface area contributed by atoms with Crippen molar-refractivity contribution >= 4 is 22.7 Å². The van der Waals surface area contributed by atoms with E-state index >= 15 is 0 Å². The Labute approximate surface area is 144 Å². The summed E-state index contributed by atoms with van der Waals surface area (Å²) in [7, 11) is 1.27. The zero-order chi connectivity index (χ0) is 18.0. The molecule has 0 aliphatic heterocycles. The topological polar surface area (TPSA) is 82.8 Å². The average Bonchev–Trinajstić information content (AvgIpc) is 2.60. The molecule has 6 heteroatoms. The predicted molar refractivity (Wildman–Crippen MR) is 90.8 cm³/mol. The SMILES string of the molecule is COC(=O)Cc1c(C)c2ccc(O[C@@H]3CCCCC3=O)cc2oc1=O. The Morgan fingerprint density at radius 1 is 1.28 bits per heavy atom. The normalized spacial score (nSPS) is 17.5. The first-order valence-electron chi connectivity index (χ1n) is 8.32. The number of aryl methyl sites for hydroxylation is 1. The van der Waals surface area contributed by atoms with Gasteiger partial charge in [-0.05, 0) is 43.9 Å². The van der Waals surface area contributed by atoms with E-state index in [0.29, 0.717) is 29.7 Å². The van der Waals surface area contributed by atoms with Crippen LogP contribution in [0.1, 0.15) is 36.8 Å². The summed E-state index contributed by atoms with van der Waals surface area (Å²) >= 11 is 0. The quantitative estimate of drug-likeness (QED) is 0.626. The monoisotopic (exact) mass is 344 g/mol. The molecule has 1 aromatic carbocycles. The standard InChI is InChI=1S/C19H20O6/c1-11-13-8-7-12(24-16-6-4-3-5-15(16)20)9-17(13)25-19(22)14(11)10-18(21)23-2/h7-9,16H,3-6,10H2,1-2H3/t16-/m1/s1. The van der Waals surface area contributed by atoms with Crippen molar-refractivity contribution < 1.29 is 23.5 Å². The van der Waals surface area contributed by atoms with Gasteiger partial charge in [-0.15, -0.1) is 0 Å². The van der Waals surface area contributed by atoms with E-state index in [9.17, 15) is 14.4 Å². The number of methoxy groups -OCH3 is 1. The van der Waals surface area contributed by atoms with Crippen molar-refractivity contribution in [2.75, 3.05) is 7.11 Å². The maximum absolute atomic E-state index is 12.2. The molecule has 0 spiro atoms. The van der Waals surface area contributed by atoms with Crippen LogP contribution in [0.15, 0.2) is 27.4 Å². The third-order valence-electron chi connectivity index (χ3n) is 4.58. The van der Waals surface area contributed by atoms with E-state index in [4.69, 9.17) is 9.15 Å². The molecular formula is C19H20O6. The van der Waals surface area contributed by atoms with Crippen LogP contribution in [-0.4, -0.2) is 25.0 Å². The van der Waals surface area contributed by atoms with Gasteiger partial charge in [-0.25, -0.2) is 4.79 Å². The number of hydrogen-bond donors (Lipinski definition) is 0. The van der Waals surface area contributed by atoms with Crippen molar-refractivity contribution in [2.24, 2.45) is 0 Å². The smallest absolute Gasteiger partial charge is 0.340 e. The summed E-state index contributed by atoms with van der Waals surface area (Å²) in [6.07, 6.45) is 2.57. The lowest BCUT2D eigenvalue weighted by molar-refractivity contribution is -0.139. The summed E-state index contributed by atoms with van der Waals surface area (Å²) in [5.41, 5.74) is 0.769. The van der Waals surface area contributed by atoms with Gasteiger partial charge in [0.2, 0.25) is 0 Å². The molecule has 1 fully saturated rings. The average molecular weight is 344 g/mol. The summed E-state index contributed by atoms with van der Waals surface area (Å²) < 4.78 is 15.7. The zero-order valence-electron chi connectivity index (χ0n) is 14.3. The number of esters is 1. The van der Waals surface area contributed by atoms with Gasteiger partial charge in [0.15, 0.2) is 11.9 Å². The molecular weight excluding hydrogens is 324 g/mol. The van der Waals surface area contributed by atoms with Crippen LogP contribution in [0, 0.1) is 6.92 Å². The Morgan fingerprint density at radius 2 is 2.08 bits per heavy atom. The number of rotatable bonds is 4. The van der Waals surface area contributed by atoms with E-state index in [1.165, 1.54) is 7.11 Å². The van der Waals surface area contributed by atoms with Crippen LogP contribution < -0.4 is 10.4 Å². The maximum Gasteiger partial charge on any atom is 0.340 e. The van der Waals surface area contributed by atoms with Crippen molar-refractivity contribution in [2.45, 2.75) is 45.1 Å². The number of ketones is 1. The largest absolute Gasteiger partial charge is 0.483 e. The molecule has 1 heterocycles. The minimum atomic E-state index is -0.568. The highest BCUT2D eigenvalue weighted by Crippen LogP contribution is 2.27. The number of hydrogen-bond acceptors (Lipinski definition) is 6. The van der Waals surface area contributed by atoms with Crippen molar-refractivity contribution in [3.8, 4) is 5.75 Å². The Balaban J connectivity index is 1.93. The number of carbonyl (C=O) groups is 2. The lowest BCUT2D eigenvalue weighted by Gasteiger charge is -2.21. The summed E-state index contributed by atoms with van der Waals surface area (Å²) in [5, 5.41) is 0.723. The molecule has 0 radical (unpaired) electrons. The molecule has 3 rings (SSSR count). The second kappa shape index (κ2) is 7.09. The minimum Gasteiger partial charge on any atom is -0.483 e. The number of benzene rings is 1. The van der Waals surface area contributed by atoms with E-state index < -0.39 is 17.7 Å². The van der Waals surface area contributed by atoms with Crippen molar-refractivity contribution in [1.29, 1.82) is 0 Å². The van der Waals surface area contributed by atoms with E-state index in [1.54, 1.807) is 25.1 Å². The first kappa shape index (κ1) is 17.2. The van der Waals surface area contributed by atoms with Gasteiger partial charge in [0.1, 0.15) is 11.3 Å². The van der Waals surface area contributed by atoms with Crippen LogP contribution >= 0.6 is 0 Å². The third-order valence-corrected chi connectivity index (χ3v) is 4.58. The van der Waals surface area contributed by atoms with Gasteiger partial charge in [-0.3, -0.25) is 9.59 Å². The van der Waals surface area contributed by atoms with E-state index in [1.807, 2.05) is 0 Å². The molecule has 1 atom stereocenters. The van der Waals surface area contributed by atoms with Crippen LogP contribution in [0.25, 0.3) is 11.0 Å². The minimum absolute atomic E-state index is 0.109. The van der Waals surface area contributed by atoms with Gasteiger partial charge in [0.05, 0.1) is 19.1 Å². The van der Waals surface area contributed by atoms with E-state index in [2.05, 4.69) is 4.74 Å². The fraction of sp³-hybridized carbons (Fsp3) is 0.421. The van der Waals surface area contributed by atoms with Crippen LogP contribution in [0.2, 0.25) is 0 Å². The van der Waals surface area contributed by atoms with Crippen LogP contribution in [0.4, 0.5) is 0 Å². The summed E-state index contributed by atoms with van der Waals surface area (Å²) in [4.78, 5) is 35.6. The highest BCUT2D eigenvalue weighted by molar-refractivity contribution is 5.85. The first-order valence-corrected chi connectivity index (χ1v) is 8.32. The summed E-state index contributed by atoms with van der Waals surface area (Å²) in [5.74, 6) is 0.110. The number of ether oxygens (including phenoxy) is 2. The fourth-order valence-corrected chi connectivity index (χ4v) is 3.11. The zero-order valence-corrected chi connectivity index (χ0v) is 14.3. The Morgan fingerprint density at radius 3 is 2.80 bits per heavy atom. The van der Waals surface area contributed by atoms with Crippen molar-refractivity contribution in [3.63, 3.8) is 0 Å². The van der Waals surface area contributed by atoms with Gasteiger partial charge in [-0.1, -0.05) is 0 Å². The highest BCUT2D eigenvalue weighted by Gasteiger charge is 2.24. The number of Topliss-reactive ketones (excluding diaryl/α,β-unsaturated/α-hetero) is 1. The summed E-state index contributed by atoms with van der Waals surface area (Å²) in [6, 6.07) is 5.14. The molecule has 6 nitrogen and oxygen atoms in total. The second-order valence-electron chi connectivity index (χ2n) is 6.22. The molecule has 0 N–H and O–H groups in total. The van der Waals surface area contributed by atoms with Crippen LogP contribution in [0.3, 0.4) is 0 Å². The molecule has 1 aliphatic carbocycles. The van der Waals surface area contributed by atoms with Crippen LogP contribution in [-0.2, 0) is 20.7 Å². The number of fused-ring (bicyclic) bond motifs is 1. The molecule has 0 unspecified atom stereocenters. The Bertz CT molecular complexity index is 879. The lowest BCUT2D eigenvalue weighted by Crippen LogP contribution is -2.30. The van der Waals surface area contributed by atoms with Gasteiger partial charge in [0, 0.05) is 17.9 Å². The maximum atomic E-state index is 12.2. The molecule has 0 amide bonds. The van der Waals surface area contributed by atoms with E-state index in [-0.39, 0.29) is 17.8 Å². The van der Waals surface area contributed by atoms with Crippen molar-refractivity contribution in [3.05, 3.63) is 39.7 Å². The molecule has 0 bridgehead atoms. The van der Waals surface area contributed by atoms with Gasteiger partial charge < -0.3 is 13.9 Å². The van der Waals surface area contributed by atoms with Crippen molar-refractivity contribution in [1.82, 2.24) is 0 Å². The number of carbonyl (C=O) groups excluding carboxylic acids is 2. The molecule has 2 aromatic rings. The Kier molecular flexibility index (Phi) is 4.88. The molecule has 25 heavy (non-hydrogen) atoms. The highest BCUT2D eigenvalue weighted by atomic mass is 16.5. The molecule has 0 saturated heterocycles. The molecule has 132 valence electrons. The third kappa shape index (κ3) is 3.57. The first-order chi connectivity index (χ1) is 12.0. The van der Waals surface area contributed by atoms with Gasteiger partial charge in [-0.2, -0.15) is 0 Å².